The van der Waals surface area contributed by atoms with Crippen LogP contribution in [0.5, 0.6) is 0 Å². The van der Waals surface area contributed by atoms with E-state index in [1.54, 1.807) is 6.07 Å². The lowest BCUT2D eigenvalue weighted by molar-refractivity contribution is -0.116. The van der Waals surface area contributed by atoms with E-state index in [1.807, 2.05) is 39.1 Å². The van der Waals surface area contributed by atoms with Crippen LogP contribution in [-0.4, -0.2) is 53.1 Å². The number of Topliss-reactive ketones (excluding diaryl/α,β-unsaturated/α-hetero) is 1. The van der Waals surface area contributed by atoms with Gasteiger partial charge in [-0.1, -0.05) is 54.8 Å². The Hall–Kier alpha value is -3.50. The number of esters is 2. The molecule has 0 aliphatic heterocycles. The van der Waals surface area contributed by atoms with E-state index in [4.69, 9.17) is 20.6 Å². The predicted octanol–water partition coefficient (Wildman–Crippen LogP) is 8.12. The third-order valence-corrected chi connectivity index (χ3v) is 9.42. The first kappa shape index (κ1) is 39.7. The summed E-state index contributed by atoms with van der Waals surface area (Å²) in [5.74, 6) is 1.52. The number of halogens is 2. The minimum absolute atomic E-state index is 0. The molecule has 2 fully saturated rings. The Morgan fingerprint density at radius 1 is 0.894 bits per heavy atom. The molecule has 0 radical (unpaired) electrons. The summed E-state index contributed by atoms with van der Waals surface area (Å²) in [5.41, 5.74) is 13.8. The van der Waals surface area contributed by atoms with Crippen molar-refractivity contribution in [2.45, 2.75) is 90.9 Å². The number of nitrogens with one attached hydrogen (secondary N) is 2. The molecule has 2 saturated carbocycles. The average molecular weight is 732 g/mol. The summed E-state index contributed by atoms with van der Waals surface area (Å²) in [6.45, 7) is 7.80. The Kier molecular flexibility index (Phi) is 15.8. The van der Waals surface area contributed by atoms with Crippen molar-refractivity contribution < 1.29 is 23.9 Å². The average Bonchev–Trinajstić information content (AvgIpc) is 3.48. The summed E-state index contributed by atoms with van der Waals surface area (Å²) in [6, 6.07) is 7.75. The van der Waals surface area contributed by atoms with E-state index >= 15 is 0 Å². The molecule has 0 atom stereocenters. The number of aromatic amines is 1. The smallest absolute Gasteiger partial charge is 0.338 e. The molecular weight excluding hydrogens is 684 g/mol. The SMILES string of the molecule is CCC(=O)CBr.CCc1cnc(-c2cc(C(=O)OC)c(C)cc2C2CCC2)[nH]1.COC(=O)c1cc(C(=N)N)c(C2CCC2)cc1C.Cl. The maximum absolute atomic E-state index is 12.0. The second kappa shape index (κ2) is 18.7. The highest BCUT2D eigenvalue weighted by Gasteiger charge is 2.27. The Bertz CT molecular complexity index is 1560. The number of benzene rings is 2. The highest BCUT2D eigenvalue weighted by Crippen LogP contribution is 2.42. The van der Waals surface area contributed by atoms with Crippen LogP contribution in [0.3, 0.4) is 0 Å². The number of aryl methyl sites for hydroxylation is 3. The Labute approximate surface area is 292 Å². The van der Waals surface area contributed by atoms with Crippen LogP contribution in [-0.2, 0) is 20.7 Å². The minimum atomic E-state index is -0.379. The molecule has 2 aromatic carbocycles. The summed E-state index contributed by atoms with van der Waals surface area (Å²) in [5, 5.41) is 8.16. The molecule has 3 aromatic rings. The quantitative estimate of drug-likeness (QED) is 0.0871. The molecule has 11 heteroatoms. The first-order valence-corrected chi connectivity index (χ1v) is 17.0. The zero-order valence-electron chi connectivity index (χ0n) is 28.3. The van der Waals surface area contributed by atoms with Gasteiger partial charge in [0.15, 0.2) is 0 Å². The fourth-order valence-electron chi connectivity index (χ4n) is 5.44. The Morgan fingerprint density at radius 3 is 1.79 bits per heavy atom. The summed E-state index contributed by atoms with van der Waals surface area (Å²) >= 11 is 3.03. The van der Waals surface area contributed by atoms with Gasteiger partial charge in [0, 0.05) is 29.4 Å². The number of hydrogen-bond acceptors (Lipinski definition) is 7. The highest BCUT2D eigenvalue weighted by atomic mass is 79.9. The number of amidine groups is 1. The molecule has 2 aliphatic rings. The van der Waals surface area contributed by atoms with Crippen molar-refractivity contribution in [2.24, 2.45) is 5.73 Å². The summed E-state index contributed by atoms with van der Waals surface area (Å²) in [7, 11) is 2.78. The molecule has 0 spiro atoms. The summed E-state index contributed by atoms with van der Waals surface area (Å²) < 4.78 is 9.65. The topological polar surface area (TPSA) is 148 Å². The molecule has 0 unspecified atom stereocenters. The van der Waals surface area contributed by atoms with Crippen molar-refractivity contribution in [3.8, 4) is 11.4 Å². The van der Waals surface area contributed by atoms with Crippen LogP contribution in [0.2, 0.25) is 0 Å². The predicted molar refractivity (Wildman–Crippen MR) is 193 cm³/mol. The van der Waals surface area contributed by atoms with Gasteiger partial charge in [0.1, 0.15) is 17.4 Å². The molecular formula is C36H48BrClN4O5. The number of imidazole rings is 1. The maximum atomic E-state index is 12.0. The van der Waals surface area contributed by atoms with Crippen molar-refractivity contribution in [1.29, 1.82) is 5.41 Å². The van der Waals surface area contributed by atoms with Gasteiger partial charge in [-0.3, -0.25) is 10.2 Å². The summed E-state index contributed by atoms with van der Waals surface area (Å²) in [6.07, 6.45) is 10.6. The number of nitrogen functional groups attached to an aromatic ring is 1. The van der Waals surface area contributed by atoms with E-state index in [1.165, 1.54) is 45.5 Å². The molecule has 1 aromatic heterocycles. The Balaban J connectivity index is 0.000000278. The van der Waals surface area contributed by atoms with E-state index in [0.29, 0.717) is 40.3 Å². The fraction of sp³-hybridized carbons (Fsp3) is 0.472. The van der Waals surface area contributed by atoms with E-state index in [9.17, 15) is 14.4 Å². The van der Waals surface area contributed by atoms with Gasteiger partial charge in [0.05, 0.1) is 30.7 Å². The number of methoxy groups -OCH3 is 2. The number of alkyl halides is 1. The second-order valence-corrected chi connectivity index (χ2v) is 12.4. The summed E-state index contributed by atoms with van der Waals surface area (Å²) in [4.78, 5) is 41.6. The molecule has 1 heterocycles. The zero-order chi connectivity index (χ0) is 34.0. The Morgan fingerprint density at radius 2 is 1.40 bits per heavy atom. The monoisotopic (exact) mass is 730 g/mol. The van der Waals surface area contributed by atoms with Gasteiger partial charge in [-0.2, -0.15) is 0 Å². The molecule has 47 heavy (non-hydrogen) atoms. The number of rotatable bonds is 9. The van der Waals surface area contributed by atoms with Crippen molar-refractivity contribution >= 4 is 51.9 Å². The van der Waals surface area contributed by atoms with Crippen molar-refractivity contribution in [2.75, 3.05) is 19.5 Å². The molecule has 0 saturated heterocycles. The third-order valence-electron chi connectivity index (χ3n) is 8.79. The van der Waals surface area contributed by atoms with Crippen LogP contribution in [0.4, 0.5) is 0 Å². The van der Waals surface area contributed by atoms with Crippen molar-refractivity contribution in [1.82, 2.24) is 9.97 Å². The number of hydrogen-bond donors (Lipinski definition) is 3. The number of carbonyl (C=O) groups is 3. The van der Waals surface area contributed by atoms with E-state index in [2.05, 4.69) is 38.9 Å². The minimum Gasteiger partial charge on any atom is -0.465 e. The molecule has 5 rings (SSSR count). The number of nitrogens with zero attached hydrogens (tertiary/aromatic N) is 1. The molecule has 0 amide bonds. The first-order valence-electron chi connectivity index (χ1n) is 15.9. The standard InChI is InChI=1S/C18H22N2O2.C14H18N2O2.C4H7BrO.ClH/c1-4-13-10-19-17(20-13)16-9-14(18(21)22-3)11(2)8-15(16)12-6-5-7-12;1-8-6-11(9-4-3-5-9)12(13(15)16)7-10(8)14(17)18-2;1-2-4(6)3-5;/h8-10,12H,4-7H2,1-3H3,(H,19,20);6-7,9H,3-5H2,1-2H3,(H3,15,16);2-3H2,1H3;1H. The van der Waals surface area contributed by atoms with Crippen LogP contribution in [0, 0.1) is 19.3 Å². The number of ether oxygens (including phenoxy) is 2. The zero-order valence-corrected chi connectivity index (χ0v) is 30.7. The van der Waals surface area contributed by atoms with Crippen LogP contribution in [0.15, 0.2) is 30.5 Å². The second-order valence-electron chi connectivity index (χ2n) is 11.8. The van der Waals surface area contributed by atoms with Gasteiger partial charge in [-0.05, 0) is 92.2 Å². The van der Waals surface area contributed by atoms with Gasteiger partial charge < -0.3 is 20.2 Å². The molecule has 2 aliphatic carbocycles. The number of aromatic nitrogens is 2. The van der Waals surface area contributed by atoms with E-state index < -0.39 is 0 Å². The normalized spacial score (nSPS) is 13.7. The number of nitrogens with two attached hydrogens (primary N) is 1. The van der Waals surface area contributed by atoms with Gasteiger partial charge in [0.25, 0.3) is 0 Å². The largest absolute Gasteiger partial charge is 0.465 e. The van der Waals surface area contributed by atoms with Crippen LogP contribution in [0.25, 0.3) is 11.4 Å². The lowest BCUT2D eigenvalue weighted by atomic mass is 9.77. The molecule has 4 N–H and O–H groups in total. The molecule has 9 nitrogen and oxygen atoms in total. The lowest BCUT2D eigenvalue weighted by Gasteiger charge is -2.28. The van der Waals surface area contributed by atoms with Crippen LogP contribution >= 0.6 is 28.3 Å². The number of carbonyl (C=O) groups excluding carboxylic acids is 3. The van der Waals surface area contributed by atoms with Gasteiger partial charge in [-0.25, -0.2) is 14.6 Å². The van der Waals surface area contributed by atoms with E-state index in [-0.39, 0.29) is 36.0 Å². The molecule has 0 bridgehead atoms. The first-order chi connectivity index (χ1) is 22.0. The number of H-pyrrole nitrogens is 1. The molecule has 256 valence electrons. The van der Waals surface area contributed by atoms with Gasteiger partial charge in [0.2, 0.25) is 0 Å². The lowest BCUT2D eigenvalue weighted by Crippen LogP contribution is -2.20. The number of ketones is 1. The van der Waals surface area contributed by atoms with E-state index in [0.717, 1.165) is 53.0 Å². The van der Waals surface area contributed by atoms with Gasteiger partial charge >= 0.3 is 11.9 Å². The maximum Gasteiger partial charge on any atom is 0.338 e. The van der Waals surface area contributed by atoms with Crippen LogP contribution in [0.1, 0.15) is 125 Å². The van der Waals surface area contributed by atoms with Crippen LogP contribution < -0.4 is 5.73 Å². The highest BCUT2D eigenvalue weighted by molar-refractivity contribution is 9.09. The third kappa shape index (κ3) is 10.00. The van der Waals surface area contributed by atoms with Gasteiger partial charge in [-0.15, -0.1) is 12.4 Å². The fourth-order valence-corrected chi connectivity index (χ4v) is 5.84. The van der Waals surface area contributed by atoms with Crippen molar-refractivity contribution in [3.05, 3.63) is 75.1 Å². The van der Waals surface area contributed by atoms with Crippen molar-refractivity contribution in [3.63, 3.8) is 0 Å².